The van der Waals surface area contributed by atoms with Crippen LogP contribution in [0, 0.1) is 26.6 Å². The minimum atomic E-state index is -0.413. The van der Waals surface area contributed by atoms with Gasteiger partial charge in [0.2, 0.25) is 5.91 Å². The van der Waals surface area contributed by atoms with Gasteiger partial charge in [0.05, 0.1) is 11.4 Å². The second-order valence-electron chi connectivity index (χ2n) is 6.44. The van der Waals surface area contributed by atoms with Crippen molar-refractivity contribution >= 4 is 28.1 Å². The van der Waals surface area contributed by atoms with Crippen LogP contribution in [0.4, 0.5) is 15.2 Å². The first-order valence-electron chi connectivity index (χ1n) is 8.57. The van der Waals surface area contributed by atoms with E-state index in [1.54, 1.807) is 23.1 Å². The summed E-state index contributed by atoms with van der Waals surface area (Å²) in [4.78, 5) is 18.5. The van der Waals surface area contributed by atoms with Gasteiger partial charge in [-0.3, -0.25) is 9.69 Å². The van der Waals surface area contributed by atoms with Crippen molar-refractivity contribution in [3.8, 4) is 5.75 Å². The average molecular weight is 384 g/mol. The number of carbonyl (C=O) groups is 1. The van der Waals surface area contributed by atoms with Crippen molar-refractivity contribution < 1.29 is 13.9 Å². The van der Waals surface area contributed by atoms with Crippen LogP contribution in [0.1, 0.15) is 29.3 Å². The zero-order valence-electron chi connectivity index (χ0n) is 15.7. The molecule has 0 bridgehead atoms. The highest BCUT2D eigenvalue weighted by Gasteiger charge is 2.22. The topological polar surface area (TPSA) is 42.4 Å². The Bertz CT molecular complexity index is 961. The highest BCUT2D eigenvalue weighted by Crippen LogP contribution is 2.34. The van der Waals surface area contributed by atoms with Gasteiger partial charge in [-0.05, 0) is 44.0 Å². The van der Waals surface area contributed by atoms with Gasteiger partial charge in [-0.15, -0.1) is 11.3 Å². The number of aryl methyl sites for hydroxylation is 3. The van der Waals surface area contributed by atoms with Crippen LogP contribution >= 0.6 is 11.3 Å². The molecule has 1 aromatic heterocycles. The van der Waals surface area contributed by atoms with E-state index < -0.39 is 5.82 Å². The third-order valence-corrected chi connectivity index (χ3v) is 4.99. The summed E-state index contributed by atoms with van der Waals surface area (Å²) in [5.41, 5.74) is 4.68. The third kappa shape index (κ3) is 4.17. The van der Waals surface area contributed by atoms with Crippen LogP contribution < -0.4 is 9.64 Å². The van der Waals surface area contributed by atoms with E-state index in [4.69, 9.17) is 4.74 Å². The minimum Gasteiger partial charge on any atom is -0.484 e. The molecule has 1 amide bonds. The molecule has 0 saturated heterocycles. The number of thiazole rings is 1. The zero-order valence-corrected chi connectivity index (χ0v) is 16.6. The van der Waals surface area contributed by atoms with E-state index in [9.17, 15) is 9.18 Å². The second kappa shape index (κ2) is 7.88. The second-order valence-corrected chi connectivity index (χ2v) is 7.28. The van der Waals surface area contributed by atoms with Crippen molar-refractivity contribution in [1.82, 2.24) is 4.98 Å². The van der Waals surface area contributed by atoms with Crippen LogP contribution in [0.5, 0.6) is 5.75 Å². The lowest BCUT2D eigenvalue weighted by atomic mass is 10.0. The van der Waals surface area contributed by atoms with Crippen LogP contribution in [0.2, 0.25) is 0 Å². The van der Waals surface area contributed by atoms with Crippen LogP contribution in [-0.2, 0) is 11.4 Å². The van der Waals surface area contributed by atoms with Gasteiger partial charge in [0, 0.05) is 12.3 Å². The van der Waals surface area contributed by atoms with Crippen LogP contribution in [0.15, 0.2) is 41.8 Å². The Labute approximate surface area is 162 Å². The van der Waals surface area contributed by atoms with E-state index in [-0.39, 0.29) is 18.3 Å². The highest BCUT2D eigenvalue weighted by molar-refractivity contribution is 7.14. The minimum absolute atomic E-state index is 0.110. The smallest absolute Gasteiger partial charge is 0.230 e. The number of para-hydroxylation sites is 1. The molecular formula is C21H21FN2O2S. The first-order valence-corrected chi connectivity index (χ1v) is 9.45. The molecule has 0 unspecified atom stereocenters. The van der Waals surface area contributed by atoms with Gasteiger partial charge in [0.25, 0.3) is 0 Å². The van der Waals surface area contributed by atoms with Gasteiger partial charge < -0.3 is 4.74 Å². The number of benzene rings is 2. The lowest BCUT2D eigenvalue weighted by Crippen LogP contribution is -2.24. The number of hydrogen-bond acceptors (Lipinski definition) is 4. The summed E-state index contributed by atoms with van der Waals surface area (Å²) in [6, 6.07) is 10.3. The predicted octanol–water partition coefficient (Wildman–Crippen LogP) is 5.47. The Kier molecular flexibility index (Phi) is 5.56. The molecule has 2 aromatic carbocycles. The van der Waals surface area contributed by atoms with E-state index >= 15 is 0 Å². The first-order chi connectivity index (χ1) is 12.9. The summed E-state index contributed by atoms with van der Waals surface area (Å²) in [5.74, 6) is -0.342. The van der Waals surface area contributed by atoms with E-state index in [0.717, 1.165) is 22.4 Å². The van der Waals surface area contributed by atoms with Crippen molar-refractivity contribution in [3.05, 3.63) is 70.0 Å². The van der Waals surface area contributed by atoms with Gasteiger partial charge in [-0.2, -0.15) is 0 Å². The van der Waals surface area contributed by atoms with Gasteiger partial charge >= 0.3 is 0 Å². The molecule has 0 atom stereocenters. The molecule has 6 heteroatoms. The number of anilines is 2. The molecule has 0 spiro atoms. The number of ether oxygens (including phenoxy) is 1. The number of halogens is 1. The largest absolute Gasteiger partial charge is 0.484 e. The normalized spacial score (nSPS) is 10.7. The van der Waals surface area contributed by atoms with E-state index in [2.05, 4.69) is 4.98 Å². The fourth-order valence-electron chi connectivity index (χ4n) is 3.09. The van der Waals surface area contributed by atoms with Gasteiger partial charge in [-0.25, -0.2) is 9.37 Å². The Hall–Kier alpha value is -2.73. The maximum absolute atomic E-state index is 13.7. The highest BCUT2D eigenvalue weighted by atomic mass is 32.1. The lowest BCUT2D eigenvalue weighted by molar-refractivity contribution is -0.115. The molecule has 0 saturated carbocycles. The Balaban J connectivity index is 1.87. The number of rotatable bonds is 5. The fourth-order valence-corrected chi connectivity index (χ4v) is 3.95. The predicted molar refractivity (Wildman–Crippen MR) is 106 cm³/mol. The maximum atomic E-state index is 13.7. The van der Waals surface area contributed by atoms with Crippen molar-refractivity contribution in [2.24, 2.45) is 0 Å². The number of carbonyl (C=O) groups excluding carboxylic acids is 1. The quantitative estimate of drug-likeness (QED) is 0.586. The maximum Gasteiger partial charge on any atom is 0.230 e. The van der Waals surface area contributed by atoms with Crippen LogP contribution in [0.3, 0.4) is 0 Å². The Morgan fingerprint density at radius 1 is 1.19 bits per heavy atom. The molecule has 4 nitrogen and oxygen atoms in total. The molecule has 27 heavy (non-hydrogen) atoms. The van der Waals surface area contributed by atoms with Crippen LogP contribution in [0.25, 0.3) is 0 Å². The lowest BCUT2D eigenvalue weighted by Gasteiger charge is -2.23. The Morgan fingerprint density at radius 3 is 2.48 bits per heavy atom. The van der Waals surface area contributed by atoms with Crippen molar-refractivity contribution in [2.75, 3.05) is 4.90 Å². The van der Waals surface area contributed by atoms with Crippen molar-refractivity contribution in [3.63, 3.8) is 0 Å². The fraction of sp³-hybridized carbons (Fsp3) is 0.238. The SMILES string of the molecule is CC(=O)N(c1nc(COc2ccccc2F)cs1)c1c(C)cc(C)cc1C. The van der Waals surface area contributed by atoms with E-state index in [1.165, 1.54) is 24.3 Å². The molecule has 0 aliphatic rings. The molecule has 0 fully saturated rings. The number of amides is 1. The summed E-state index contributed by atoms with van der Waals surface area (Å²) < 4.78 is 19.2. The van der Waals surface area contributed by atoms with E-state index in [0.29, 0.717) is 10.8 Å². The molecule has 140 valence electrons. The molecule has 0 aliphatic heterocycles. The zero-order chi connectivity index (χ0) is 19.6. The van der Waals surface area contributed by atoms with Crippen molar-refractivity contribution in [2.45, 2.75) is 34.3 Å². The molecular weight excluding hydrogens is 363 g/mol. The summed E-state index contributed by atoms with van der Waals surface area (Å²) in [6.07, 6.45) is 0. The molecule has 3 rings (SSSR count). The summed E-state index contributed by atoms with van der Waals surface area (Å²) in [6.45, 7) is 7.66. The Morgan fingerprint density at radius 2 is 1.85 bits per heavy atom. The number of aromatic nitrogens is 1. The monoisotopic (exact) mass is 384 g/mol. The molecule has 0 N–H and O–H groups in total. The molecule has 3 aromatic rings. The average Bonchev–Trinajstić information content (AvgIpc) is 3.05. The number of hydrogen-bond donors (Lipinski definition) is 0. The summed E-state index contributed by atoms with van der Waals surface area (Å²) in [5, 5.41) is 2.40. The van der Waals surface area contributed by atoms with Gasteiger partial charge in [0.15, 0.2) is 16.7 Å². The molecule has 1 heterocycles. The molecule has 0 radical (unpaired) electrons. The van der Waals surface area contributed by atoms with E-state index in [1.807, 2.05) is 38.3 Å². The summed E-state index contributed by atoms with van der Waals surface area (Å²) in [7, 11) is 0. The van der Waals surface area contributed by atoms with Gasteiger partial charge in [0.1, 0.15) is 6.61 Å². The first kappa shape index (κ1) is 19.0. The third-order valence-electron chi connectivity index (χ3n) is 4.12. The van der Waals surface area contributed by atoms with Crippen LogP contribution in [-0.4, -0.2) is 10.9 Å². The standard InChI is InChI=1S/C21H21FN2O2S/c1-13-9-14(2)20(15(3)10-13)24(16(4)25)21-23-17(12-27-21)11-26-19-8-6-5-7-18(19)22/h5-10,12H,11H2,1-4H3. The van der Waals surface area contributed by atoms with Crippen molar-refractivity contribution in [1.29, 1.82) is 0 Å². The number of nitrogens with zero attached hydrogens (tertiary/aromatic N) is 2. The van der Waals surface area contributed by atoms with Gasteiger partial charge in [-0.1, -0.05) is 29.8 Å². The summed E-state index contributed by atoms with van der Waals surface area (Å²) >= 11 is 1.36. The molecule has 0 aliphatic carbocycles.